The van der Waals surface area contributed by atoms with Gasteiger partial charge in [0.15, 0.2) is 0 Å². The molecule has 0 bridgehead atoms. The quantitative estimate of drug-likeness (QED) is 0.849. The van der Waals surface area contributed by atoms with Gasteiger partial charge in [0, 0.05) is 12.2 Å². The molecule has 1 aliphatic rings. The molecular weight excluding hydrogens is 367 g/mol. The van der Waals surface area contributed by atoms with Crippen LogP contribution in [-0.2, 0) is 21.2 Å². The van der Waals surface area contributed by atoms with Crippen molar-refractivity contribution in [3.05, 3.63) is 59.9 Å². The van der Waals surface area contributed by atoms with Gasteiger partial charge in [-0.3, -0.25) is 4.79 Å². The number of benzene rings is 2. The van der Waals surface area contributed by atoms with Crippen molar-refractivity contribution in [3.63, 3.8) is 0 Å². The Morgan fingerprint density at radius 1 is 1.11 bits per heavy atom. The predicted octanol–water partition coefficient (Wildman–Crippen LogP) is 3.57. The standard InChI is InChI=1S/C20H23FN2O3S/c1-2-15-6-10-17(11-7-15)22-20(24)19-5-3-4-14-23(19)27(25,26)18-12-8-16(21)9-13-18/h6-13,19H,2-5,14H2,1H3,(H,22,24)/t19-/m1/s1. The molecule has 1 N–H and O–H groups in total. The Labute approximate surface area is 159 Å². The van der Waals surface area contributed by atoms with E-state index >= 15 is 0 Å². The normalized spacial score (nSPS) is 18.2. The fourth-order valence-electron chi connectivity index (χ4n) is 3.25. The van der Waals surface area contributed by atoms with Gasteiger partial charge in [-0.1, -0.05) is 25.5 Å². The molecule has 1 aliphatic heterocycles. The van der Waals surface area contributed by atoms with Gasteiger partial charge >= 0.3 is 0 Å². The molecule has 5 nitrogen and oxygen atoms in total. The van der Waals surface area contributed by atoms with Crippen LogP contribution in [0, 0.1) is 5.82 Å². The van der Waals surface area contributed by atoms with Gasteiger partial charge in [0.05, 0.1) is 4.90 Å². The van der Waals surface area contributed by atoms with Crippen molar-refractivity contribution in [1.29, 1.82) is 0 Å². The number of amides is 1. The third-order valence-corrected chi connectivity index (χ3v) is 6.73. The highest BCUT2D eigenvalue weighted by atomic mass is 32.2. The summed E-state index contributed by atoms with van der Waals surface area (Å²) in [7, 11) is -3.87. The first kappa shape index (κ1) is 19.5. The molecule has 1 fully saturated rings. The van der Waals surface area contributed by atoms with Crippen LogP contribution in [0.25, 0.3) is 0 Å². The van der Waals surface area contributed by atoms with Crippen LogP contribution in [0.3, 0.4) is 0 Å². The van der Waals surface area contributed by atoms with Crippen LogP contribution in [0.2, 0.25) is 0 Å². The number of hydrogen-bond donors (Lipinski definition) is 1. The van der Waals surface area contributed by atoms with Gasteiger partial charge < -0.3 is 5.32 Å². The smallest absolute Gasteiger partial charge is 0.243 e. The Hall–Kier alpha value is -2.25. The van der Waals surface area contributed by atoms with Gasteiger partial charge in [-0.05, 0) is 61.2 Å². The minimum Gasteiger partial charge on any atom is -0.325 e. The Morgan fingerprint density at radius 3 is 2.41 bits per heavy atom. The second-order valence-electron chi connectivity index (χ2n) is 6.62. The van der Waals surface area contributed by atoms with Crippen molar-refractivity contribution in [2.75, 3.05) is 11.9 Å². The number of halogens is 1. The number of sulfonamides is 1. The van der Waals surface area contributed by atoms with Gasteiger partial charge in [-0.2, -0.15) is 4.31 Å². The minimum absolute atomic E-state index is 0.00380. The summed E-state index contributed by atoms with van der Waals surface area (Å²) in [6.07, 6.45) is 2.83. The summed E-state index contributed by atoms with van der Waals surface area (Å²) < 4.78 is 40.3. The molecule has 1 heterocycles. The molecule has 0 radical (unpaired) electrons. The first-order valence-corrected chi connectivity index (χ1v) is 10.5. The molecule has 2 aromatic carbocycles. The lowest BCUT2D eigenvalue weighted by Gasteiger charge is -2.33. The van der Waals surface area contributed by atoms with E-state index in [1.807, 2.05) is 31.2 Å². The summed E-state index contributed by atoms with van der Waals surface area (Å²) in [5.74, 6) is -0.845. The summed E-state index contributed by atoms with van der Waals surface area (Å²) in [6, 6.07) is 11.4. The highest BCUT2D eigenvalue weighted by Crippen LogP contribution is 2.26. The number of carbonyl (C=O) groups excluding carboxylic acids is 1. The van der Waals surface area contributed by atoms with Crippen LogP contribution < -0.4 is 5.32 Å². The van der Waals surface area contributed by atoms with E-state index in [1.54, 1.807) is 0 Å². The van der Waals surface area contributed by atoms with Crippen LogP contribution in [0.5, 0.6) is 0 Å². The number of anilines is 1. The summed E-state index contributed by atoms with van der Waals surface area (Å²) in [6.45, 7) is 2.32. The van der Waals surface area contributed by atoms with Gasteiger partial charge in [-0.15, -0.1) is 0 Å². The SMILES string of the molecule is CCc1ccc(NC(=O)[C@H]2CCCCN2S(=O)(=O)c2ccc(F)cc2)cc1. The highest BCUT2D eigenvalue weighted by molar-refractivity contribution is 7.89. The number of nitrogens with zero attached hydrogens (tertiary/aromatic N) is 1. The van der Waals surface area contributed by atoms with Gasteiger partial charge in [-0.25, -0.2) is 12.8 Å². The number of aryl methyl sites for hydroxylation is 1. The van der Waals surface area contributed by atoms with Crippen LogP contribution in [0.1, 0.15) is 31.7 Å². The minimum atomic E-state index is -3.87. The second kappa shape index (κ2) is 8.19. The first-order valence-electron chi connectivity index (χ1n) is 9.09. The number of carbonyl (C=O) groups is 1. The maximum atomic E-state index is 13.1. The van der Waals surface area contributed by atoms with Gasteiger partial charge in [0.1, 0.15) is 11.9 Å². The summed E-state index contributed by atoms with van der Waals surface area (Å²) in [5.41, 5.74) is 1.80. The number of hydrogen-bond acceptors (Lipinski definition) is 3. The van der Waals surface area contributed by atoms with Crippen LogP contribution in [0.15, 0.2) is 53.4 Å². The average molecular weight is 390 g/mol. The van der Waals surface area contributed by atoms with E-state index in [1.165, 1.54) is 16.4 Å². The summed E-state index contributed by atoms with van der Waals surface area (Å²) in [5, 5.41) is 2.82. The number of rotatable bonds is 5. The molecular formula is C20H23FN2O3S. The summed E-state index contributed by atoms with van der Waals surface area (Å²) >= 11 is 0. The fourth-order valence-corrected chi connectivity index (χ4v) is 4.90. The molecule has 0 spiro atoms. The monoisotopic (exact) mass is 390 g/mol. The van der Waals surface area contributed by atoms with Crippen molar-refractivity contribution >= 4 is 21.6 Å². The van der Waals surface area contributed by atoms with E-state index in [0.717, 1.165) is 30.5 Å². The zero-order valence-electron chi connectivity index (χ0n) is 15.2. The predicted molar refractivity (Wildman–Crippen MR) is 102 cm³/mol. The highest BCUT2D eigenvalue weighted by Gasteiger charge is 2.37. The zero-order valence-corrected chi connectivity index (χ0v) is 16.0. The Bertz CT molecular complexity index is 896. The summed E-state index contributed by atoms with van der Waals surface area (Å²) in [4.78, 5) is 12.8. The molecule has 7 heteroatoms. The molecule has 0 unspecified atom stereocenters. The number of nitrogens with one attached hydrogen (secondary N) is 1. The first-order chi connectivity index (χ1) is 12.9. The third-order valence-electron chi connectivity index (χ3n) is 4.81. The molecule has 0 aliphatic carbocycles. The van der Waals surface area contributed by atoms with Crippen molar-refractivity contribution in [1.82, 2.24) is 4.31 Å². The molecule has 1 atom stereocenters. The fraction of sp³-hybridized carbons (Fsp3) is 0.350. The topological polar surface area (TPSA) is 66.5 Å². The lowest BCUT2D eigenvalue weighted by molar-refractivity contribution is -0.120. The van der Waals surface area contributed by atoms with E-state index in [0.29, 0.717) is 18.5 Å². The molecule has 0 aromatic heterocycles. The van der Waals surface area contributed by atoms with Crippen molar-refractivity contribution < 1.29 is 17.6 Å². The second-order valence-corrected chi connectivity index (χ2v) is 8.51. The van der Waals surface area contributed by atoms with E-state index in [9.17, 15) is 17.6 Å². The van der Waals surface area contributed by atoms with Crippen molar-refractivity contribution in [2.24, 2.45) is 0 Å². The van der Waals surface area contributed by atoms with Crippen LogP contribution >= 0.6 is 0 Å². The van der Waals surface area contributed by atoms with E-state index in [2.05, 4.69) is 5.32 Å². The van der Waals surface area contributed by atoms with Crippen molar-refractivity contribution in [2.45, 2.75) is 43.5 Å². The van der Waals surface area contributed by atoms with Crippen molar-refractivity contribution in [3.8, 4) is 0 Å². The molecule has 2 aromatic rings. The van der Waals surface area contributed by atoms with Gasteiger partial charge in [0.25, 0.3) is 0 Å². The molecule has 1 saturated heterocycles. The van der Waals surface area contributed by atoms with Crippen LogP contribution in [0.4, 0.5) is 10.1 Å². The zero-order chi connectivity index (χ0) is 19.4. The molecule has 3 rings (SSSR count). The van der Waals surface area contributed by atoms with E-state index in [4.69, 9.17) is 0 Å². The maximum Gasteiger partial charge on any atom is 0.243 e. The van der Waals surface area contributed by atoms with Crippen LogP contribution in [-0.4, -0.2) is 31.2 Å². The molecule has 1 amide bonds. The lowest BCUT2D eigenvalue weighted by atomic mass is 10.0. The van der Waals surface area contributed by atoms with Gasteiger partial charge in [0.2, 0.25) is 15.9 Å². The Kier molecular flexibility index (Phi) is 5.92. The third kappa shape index (κ3) is 4.36. The molecule has 27 heavy (non-hydrogen) atoms. The largest absolute Gasteiger partial charge is 0.325 e. The number of piperidine rings is 1. The van der Waals surface area contributed by atoms with E-state index < -0.39 is 21.9 Å². The molecule has 144 valence electrons. The maximum absolute atomic E-state index is 13.1. The Balaban J connectivity index is 1.81. The lowest BCUT2D eigenvalue weighted by Crippen LogP contribution is -2.49. The average Bonchev–Trinajstić information content (AvgIpc) is 2.69. The van der Waals surface area contributed by atoms with E-state index in [-0.39, 0.29) is 17.3 Å². The Morgan fingerprint density at radius 2 is 1.78 bits per heavy atom. The molecule has 0 saturated carbocycles.